The molecule has 0 aliphatic carbocycles. The van der Waals surface area contributed by atoms with Gasteiger partial charge in [0.2, 0.25) is 0 Å². The van der Waals surface area contributed by atoms with Gasteiger partial charge in [-0.05, 0) is 36.6 Å². The summed E-state index contributed by atoms with van der Waals surface area (Å²) in [7, 11) is 0. The van der Waals surface area contributed by atoms with Gasteiger partial charge in [-0.2, -0.15) is 0 Å². The standard InChI is InChI=1S/C23H26ClN3O2/c1-2-3-13-29-22-10-5-4-9-19(22)20-15-21-23(28)26(11-12-27(21)25-20)16-17-7-6-8-18(24)14-17/h4-12,14,20-21,25H,2-3,13,15-16H2,1H3. The number of para-hydroxylation sites is 1. The second-order valence-corrected chi connectivity index (χ2v) is 7.91. The highest BCUT2D eigenvalue weighted by molar-refractivity contribution is 6.30. The molecule has 2 heterocycles. The van der Waals surface area contributed by atoms with E-state index in [1.807, 2.05) is 59.9 Å². The second kappa shape index (κ2) is 8.89. The predicted molar refractivity (Wildman–Crippen MR) is 114 cm³/mol. The fraction of sp³-hybridized carbons (Fsp3) is 0.348. The first kappa shape index (κ1) is 19.8. The fourth-order valence-electron chi connectivity index (χ4n) is 3.83. The molecule has 5 nitrogen and oxygen atoms in total. The van der Waals surface area contributed by atoms with Crippen LogP contribution < -0.4 is 10.2 Å². The molecule has 0 bridgehead atoms. The topological polar surface area (TPSA) is 44.8 Å². The number of amides is 1. The van der Waals surface area contributed by atoms with Gasteiger partial charge in [0, 0.05) is 23.0 Å². The number of hydrogen-bond donors (Lipinski definition) is 1. The normalized spacial score (nSPS) is 20.8. The van der Waals surface area contributed by atoms with Crippen LogP contribution in [0.3, 0.4) is 0 Å². The number of hydrazine groups is 1. The number of fused-ring (bicyclic) bond motifs is 1. The molecular weight excluding hydrogens is 386 g/mol. The van der Waals surface area contributed by atoms with E-state index in [0.29, 0.717) is 24.6 Å². The SMILES string of the molecule is CCCCOc1ccccc1C1CC2C(=O)N(Cc3cccc(Cl)c3)C=CN2N1. The smallest absolute Gasteiger partial charge is 0.251 e. The highest BCUT2D eigenvalue weighted by Crippen LogP contribution is 2.35. The van der Waals surface area contributed by atoms with Crippen LogP contribution in [0.2, 0.25) is 5.02 Å². The van der Waals surface area contributed by atoms with E-state index in [0.717, 1.165) is 29.7 Å². The second-order valence-electron chi connectivity index (χ2n) is 7.47. The van der Waals surface area contributed by atoms with Gasteiger partial charge in [-0.15, -0.1) is 0 Å². The molecule has 29 heavy (non-hydrogen) atoms. The third-order valence-corrected chi connectivity index (χ3v) is 5.60. The Hall–Kier alpha value is -2.50. The zero-order valence-electron chi connectivity index (χ0n) is 16.6. The molecule has 0 spiro atoms. The Kier molecular flexibility index (Phi) is 6.07. The lowest BCUT2D eigenvalue weighted by molar-refractivity contribution is -0.134. The van der Waals surface area contributed by atoms with Gasteiger partial charge >= 0.3 is 0 Å². The van der Waals surface area contributed by atoms with Crippen molar-refractivity contribution in [3.8, 4) is 5.75 Å². The summed E-state index contributed by atoms with van der Waals surface area (Å²) in [6.07, 6.45) is 6.60. The van der Waals surface area contributed by atoms with Crippen molar-refractivity contribution in [2.45, 2.75) is 44.8 Å². The third-order valence-electron chi connectivity index (χ3n) is 5.37. The lowest BCUT2D eigenvalue weighted by Crippen LogP contribution is -2.47. The van der Waals surface area contributed by atoms with E-state index >= 15 is 0 Å². The largest absolute Gasteiger partial charge is 0.493 e. The van der Waals surface area contributed by atoms with Gasteiger partial charge in [-0.25, -0.2) is 5.43 Å². The molecule has 1 N–H and O–H groups in total. The quantitative estimate of drug-likeness (QED) is 0.673. The van der Waals surface area contributed by atoms with Crippen molar-refractivity contribution in [1.82, 2.24) is 15.3 Å². The van der Waals surface area contributed by atoms with Crippen molar-refractivity contribution in [1.29, 1.82) is 0 Å². The summed E-state index contributed by atoms with van der Waals surface area (Å²) < 4.78 is 6.00. The number of carbonyl (C=O) groups excluding carboxylic acids is 1. The Bertz CT molecular complexity index is 901. The number of nitrogens with zero attached hydrogens (tertiary/aromatic N) is 2. The van der Waals surface area contributed by atoms with E-state index in [1.165, 1.54) is 0 Å². The summed E-state index contributed by atoms with van der Waals surface area (Å²) in [4.78, 5) is 14.9. The molecule has 2 aromatic carbocycles. The van der Waals surface area contributed by atoms with Gasteiger partial charge in [0.15, 0.2) is 0 Å². The number of hydrogen-bond acceptors (Lipinski definition) is 4. The molecule has 1 saturated heterocycles. The molecule has 1 fully saturated rings. The minimum Gasteiger partial charge on any atom is -0.493 e. The Morgan fingerprint density at radius 1 is 1.17 bits per heavy atom. The summed E-state index contributed by atoms with van der Waals surface area (Å²) in [5.74, 6) is 0.984. The number of carbonyl (C=O) groups is 1. The lowest BCUT2D eigenvalue weighted by atomic mass is 10.00. The van der Waals surface area contributed by atoms with Crippen LogP contribution in [0.1, 0.15) is 43.4 Å². The first-order valence-corrected chi connectivity index (χ1v) is 10.5. The number of rotatable bonds is 7. The van der Waals surface area contributed by atoms with Crippen LogP contribution in [0, 0.1) is 0 Å². The minimum absolute atomic E-state index is 0.0394. The predicted octanol–water partition coefficient (Wildman–Crippen LogP) is 4.65. The van der Waals surface area contributed by atoms with Gasteiger partial charge in [-0.3, -0.25) is 4.79 Å². The Morgan fingerprint density at radius 2 is 2.03 bits per heavy atom. The highest BCUT2D eigenvalue weighted by Gasteiger charge is 2.40. The van der Waals surface area contributed by atoms with E-state index in [2.05, 4.69) is 18.4 Å². The molecule has 4 rings (SSSR count). The van der Waals surface area contributed by atoms with Crippen LogP contribution in [-0.4, -0.2) is 28.5 Å². The molecule has 1 amide bonds. The van der Waals surface area contributed by atoms with E-state index in [1.54, 1.807) is 4.90 Å². The average Bonchev–Trinajstić information content (AvgIpc) is 3.16. The van der Waals surface area contributed by atoms with Gasteiger partial charge in [0.25, 0.3) is 5.91 Å². The Labute approximate surface area is 176 Å². The van der Waals surface area contributed by atoms with Gasteiger partial charge in [0.05, 0.1) is 19.2 Å². The Morgan fingerprint density at radius 3 is 2.86 bits per heavy atom. The first-order valence-electron chi connectivity index (χ1n) is 10.1. The highest BCUT2D eigenvalue weighted by atomic mass is 35.5. The molecule has 2 aliphatic rings. The summed E-state index contributed by atoms with van der Waals surface area (Å²) in [5, 5.41) is 2.60. The molecule has 0 saturated carbocycles. The summed E-state index contributed by atoms with van der Waals surface area (Å²) in [6.45, 7) is 3.38. The average molecular weight is 412 g/mol. The molecule has 2 unspecified atom stereocenters. The summed E-state index contributed by atoms with van der Waals surface area (Å²) in [5.41, 5.74) is 5.57. The van der Waals surface area contributed by atoms with Crippen molar-refractivity contribution in [2.24, 2.45) is 0 Å². The fourth-order valence-corrected chi connectivity index (χ4v) is 4.04. The third kappa shape index (κ3) is 4.41. The number of halogens is 1. The van der Waals surface area contributed by atoms with Gasteiger partial charge in [0.1, 0.15) is 11.8 Å². The molecule has 152 valence electrons. The van der Waals surface area contributed by atoms with Crippen molar-refractivity contribution in [3.05, 3.63) is 77.1 Å². The molecule has 6 heteroatoms. The van der Waals surface area contributed by atoms with Crippen LogP contribution in [-0.2, 0) is 11.3 Å². The van der Waals surface area contributed by atoms with Crippen LogP contribution >= 0.6 is 11.6 Å². The van der Waals surface area contributed by atoms with Crippen LogP contribution in [0.25, 0.3) is 0 Å². The van der Waals surface area contributed by atoms with E-state index in [4.69, 9.17) is 16.3 Å². The number of nitrogens with one attached hydrogen (secondary N) is 1. The zero-order chi connectivity index (χ0) is 20.2. The van der Waals surface area contributed by atoms with Crippen molar-refractivity contribution < 1.29 is 9.53 Å². The molecule has 2 atom stereocenters. The van der Waals surface area contributed by atoms with Crippen molar-refractivity contribution >= 4 is 17.5 Å². The maximum absolute atomic E-state index is 13.1. The Balaban J connectivity index is 1.46. The van der Waals surface area contributed by atoms with Gasteiger partial charge < -0.3 is 14.6 Å². The number of ether oxygens (including phenoxy) is 1. The number of unbranched alkanes of at least 4 members (excludes halogenated alkanes) is 1. The summed E-state index contributed by atoms with van der Waals surface area (Å²) in [6, 6.07) is 15.5. The molecule has 0 aromatic heterocycles. The van der Waals surface area contributed by atoms with E-state index < -0.39 is 0 Å². The summed E-state index contributed by atoms with van der Waals surface area (Å²) >= 11 is 6.08. The molecule has 2 aliphatic heterocycles. The number of benzene rings is 2. The van der Waals surface area contributed by atoms with Gasteiger partial charge in [-0.1, -0.05) is 55.3 Å². The van der Waals surface area contributed by atoms with E-state index in [9.17, 15) is 4.79 Å². The van der Waals surface area contributed by atoms with Crippen molar-refractivity contribution in [2.75, 3.05) is 6.61 Å². The maximum atomic E-state index is 13.1. The van der Waals surface area contributed by atoms with E-state index in [-0.39, 0.29) is 18.0 Å². The van der Waals surface area contributed by atoms with Crippen LogP contribution in [0.5, 0.6) is 5.75 Å². The van der Waals surface area contributed by atoms with Crippen LogP contribution in [0.4, 0.5) is 0 Å². The first-order chi connectivity index (χ1) is 14.2. The molecule has 2 aromatic rings. The lowest BCUT2D eigenvalue weighted by Gasteiger charge is -2.31. The molecular formula is C23H26ClN3O2. The monoisotopic (exact) mass is 411 g/mol. The molecule has 0 radical (unpaired) electrons. The maximum Gasteiger partial charge on any atom is 0.251 e. The zero-order valence-corrected chi connectivity index (χ0v) is 17.3. The van der Waals surface area contributed by atoms with Crippen LogP contribution in [0.15, 0.2) is 60.9 Å². The minimum atomic E-state index is -0.229. The van der Waals surface area contributed by atoms with Crippen molar-refractivity contribution in [3.63, 3.8) is 0 Å².